The highest BCUT2D eigenvalue weighted by Gasteiger charge is 2.42. The minimum Gasteiger partial charge on any atom is -0.308 e. The van der Waals surface area contributed by atoms with Crippen molar-refractivity contribution in [3.8, 4) is 0 Å². The molecule has 0 unspecified atom stereocenters. The molecule has 190 valence electrons. The summed E-state index contributed by atoms with van der Waals surface area (Å²) in [5.41, 5.74) is 8.59. The number of rotatable bonds is 7. The molecule has 0 radical (unpaired) electrons. The van der Waals surface area contributed by atoms with Crippen LogP contribution in [0.4, 0.5) is 0 Å². The summed E-state index contributed by atoms with van der Waals surface area (Å²) < 4.78 is 31.4. The second kappa shape index (κ2) is 11.8. The number of benzene rings is 4. The normalized spacial score (nSPS) is 11.2. The van der Waals surface area contributed by atoms with Crippen molar-refractivity contribution in [1.82, 2.24) is 0 Å². The van der Waals surface area contributed by atoms with Crippen LogP contribution in [0.5, 0.6) is 0 Å². The molecule has 0 fully saturated rings. The van der Waals surface area contributed by atoms with Gasteiger partial charge in [-0.25, -0.2) is 0 Å². The average Bonchev–Trinajstić information content (AvgIpc) is 2.95. The van der Waals surface area contributed by atoms with Crippen molar-refractivity contribution in [3.05, 3.63) is 155 Å². The molecular weight excluding hydrogens is 502 g/mol. The third-order valence-corrected chi connectivity index (χ3v) is 12.3. The summed E-state index contributed by atoms with van der Waals surface area (Å²) in [6.07, 6.45) is 0. The van der Waals surface area contributed by atoms with Gasteiger partial charge in [-0.05, 0) is 38.8 Å². The predicted molar refractivity (Wildman–Crippen MR) is 163 cm³/mol. The molecule has 0 N–H and O–H groups in total. The molecular formula is C34H32O2P2. The standard InChI is InChI=1S/C34H32O2P2/c1-27(2)25-33(37(35,29-17-9-5-10-18-29)30-19-11-6-12-20-30)34(26-28(3)4)38(36,31-21-13-7-14-22-31)32-23-15-8-16-24-32/h5-24H,1-4H3. The Morgan fingerprint density at radius 3 is 0.816 bits per heavy atom. The summed E-state index contributed by atoms with van der Waals surface area (Å²) in [5, 5.41) is 3.50. The van der Waals surface area contributed by atoms with Crippen LogP contribution in [0, 0.1) is 0 Å². The zero-order valence-electron chi connectivity index (χ0n) is 22.3. The van der Waals surface area contributed by atoms with E-state index in [0.29, 0.717) is 31.8 Å². The fraction of sp³-hybridized carbons (Fsp3) is 0.118. The molecule has 4 aromatic rings. The summed E-state index contributed by atoms with van der Waals surface area (Å²) >= 11 is 0. The van der Waals surface area contributed by atoms with Gasteiger partial charge in [0.05, 0.1) is 10.6 Å². The van der Waals surface area contributed by atoms with E-state index in [1.807, 2.05) is 149 Å². The van der Waals surface area contributed by atoms with Gasteiger partial charge in [-0.1, -0.05) is 121 Å². The van der Waals surface area contributed by atoms with Crippen LogP contribution in [0.1, 0.15) is 27.7 Å². The highest BCUT2D eigenvalue weighted by Crippen LogP contribution is 2.64. The first kappa shape index (κ1) is 27.4. The molecule has 0 aliphatic rings. The van der Waals surface area contributed by atoms with Crippen molar-refractivity contribution < 1.29 is 9.13 Å². The maximum absolute atomic E-state index is 15.7. The third-order valence-electron chi connectivity index (χ3n) is 6.07. The second-order valence-corrected chi connectivity index (χ2v) is 14.9. The first-order valence-corrected chi connectivity index (χ1v) is 16.0. The summed E-state index contributed by atoms with van der Waals surface area (Å²) in [6.45, 7) is 7.71. The third kappa shape index (κ3) is 5.47. The van der Waals surface area contributed by atoms with Crippen LogP contribution < -0.4 is 21.2 Å². The molecule has 4 rings (SSSR count). The molecule has 0 amide bonds. The zero-order valence-corrected chi connectivity index (χ0v) is 24.0. The van der Waals surface area contributed by atoms with Crippen LogP contribution in [0.25, 0.3) is 0 Å². The minimum absolute atomic E-state index is 0.423. The quantitative estimate of drug-likeness (QED) is 0.137. The monoisotopic (exact) mass is 534 g/mol. The lowest BCUT2D eigenvalue weighted by Crippen LogP contribution is -2.22. The first-order chi connectivity index (χ1) is 18.3. The second-order valence-electron chi connectivity index (χ2n) is 9.51. The van der Waals surface area contributed by atoms with E-state index in [0.717, 1.165) is 11.1 Å². The molecule has 2 nitrogen and oxygen atoms in total. The Bertz CT molecular complexity index is 1420. The van der Waals surface area contributed by atoms with Crippen molar-refractivity contribution in [3.63, 3.8) is 0 Å². The van der Waals surface area contributed by atoms with Crippen LogP contribution in [0.3, 0.4) is 0 Å². The Kier molecular flexibility index (Phi) is 8.54. The molecule has 0 aliphatic carbocycles. The molecule has 0 atom stereocenters. The lowest BCUT2D eigenvalue weighted by molar-refractivity contribution is 0.587. The molecule has 0 spiro atoms. The molecule has 0 bridgehead atoms. The maximum Gasteiger partial charge on any atom is 0.179 e. The summed E-state index contributed by atoms with van der Waals surface area (Å²) in [5.74, 6) is 0. The van der Waals surface area contributed by atoms with Gasteiger partial charge >= 0.3 is 0 Å². The first-order valence-electron chi connectivity index (χ1n) is 12.6. The topological polar surface area (TPSA) is 34.1 Å². The molecule has 0 heterocycles. The zero-order chi connectivity index (χ0) is 27.2. The van der Waals surface area contributed by atoms with Gasteiger partial charge in [0.15, 0.2) is 14.3 Å². The lowest BCUT2D eigenvalue weighted by atomic mass is 10.3. The van der Waals surface area contributed by atoms with E-state index >= 15 is 9.13 Å². The van der Waals surface area contributed by atoms with Crippen LogP contribution >= 0.6 is 14.3 Å². The van der Waals surface area contributed by atoms with E-state index in [4.69, 9.17) is 0 Å². The molecule has 38 heavy (non-hydrogen) atoms. The largest absolute Gasteiger partial charge is 0.308 e. The van der Waals surface area contributed by atoms with Crippen LogP contribution in [-0.4, -0.2) is 0 Å². The fourth-order valence-corrected chi connectivity index (χ4v) is 10.7. The van der Waals surface area contributed by atoms with Gasteiger partial charge in [-0.3, -0.25) is 0 Å². The molecule has 0 saturated heterocycles. The number of hydrogen-bond acceptors (Lipinski definition) is 2. The molecule has 4 aromatic carbocycles. The fourth-order valence-electron chi connectivity index (χ4n) is 4.41. The van der Waals surface area contributed by atoms with E-state index in [-0.39, 0.29) is 0 Å². The van der Waals surface area contributed by atoms with Gasteiger partial charge in [0.1, 0.15) is 0 Å². The Morgan fingerprint density at radius 2 is 0.632 bits per heavy atom. The maximum atomic E-state index is 15.7. The van der Waals surface area contributed by atoms with Crippen molar-refractivity contribution in [2.45, 2.75) is 27.7 Å². The van der Waals surface area contributed by atoms with E-state index in [9.17, 15) is 0 Å². The number of hydrogen-bond donors (Lipinski definition) is 0. The Balaban J connectivity index is 2.23. The summed E-state index contributed by atoms with van der Waals surface area (Å²) in [6, 6.07) is 37.9. The number of allylic oxidation sites excluding steroid dienone is 2. The van der Waals surface area contributed by atoms with Gasteiger partial charge in [0, 0.05) is 21.2 Å². The molecule has 0 aliphatic heterocycles. The summed E-state index contributed by atoms with van der Waals surface area (Å²) in [7, 11) is -7.08. The molecule has 4 heteroatoms. The van der Waals surface area contributed by atoms with Crippen molar-refractivity contribution in [2.75, 3.05) is 0 Å². The highest BCUT2D eigenvalue weighted by atomic mass is 31.2. The van der Waals surface area contributed by atoms with Crippen LogP contribution in [0.2, 0.25) is 0 Å². The van der Waals surface area contributed by atoms with Gasteiger partial charge < -0.3 is 9.13 Å². The van der Waals surface area contributed by atoms with Gasteiger partial charge in [-0.15, -0.1) is 11.5 Å². The van der Waals surface area contributed by atoms with E-state index in [2.05, 4.69) is 11.5 Å². The van der Waals surface area contributed by atoms with Crippen LogP contribution in [0.15, 0.2) is 155 Å². The summed E-state index contributed by atoms with van der Waals surface area (Å²) in [4.78, 5) is 0. The van der Waals surface area contributed by atoms with Crippen LogP contribution in [-0.2, 0) is 9.13 Å². The molecule has 0 saturated carbocycles. The van der Waals surface area contributed by atoms with E-state index in [1.165, 1.54) is 0 Å². The predicted octanol–water partition coefficient (Wildman–Crippen LogP) is 7.91. The Hall–Kier alpha value is -3.62. The average molecular weight is 535 g/mol. The lowest BCUT2D eigenvalue weighted by Gasteiger charge is -2.28. The van der Waals surface area contributed by atoms with Crippen molar-refractivity contribution in [1.29, 1.82) is 0 Å². The van der Waals surface area contributed by atoms with Crippen molar-refractivity contribution in [2.24, 2.45) is 0 Å². The van der Waals surface area contributed by atoms with E-state index < -0.39 is 14.3 Å². The van der Waals surface area contributed by atoms with Gasteiger partial charge in [0.25, 0.3) is 0 Å². The van der Waals surface area contributed by atoms with Crippen molar-refractivity contribution >= 4 is 35.5 Å². The van der Waals surface area contributed by atoms with Gasteiger partial charge in [0.2, 0.25) is 0 Å². The van der Waals surface area contributed by atoms with E-state index in [1.54, 1.807) is 0 Å². The SMILES string of the molecule is CC(C)=C=C(C(=C=C(C)C)P(=O)(c1ccccc1)c1ccccc1)P(=O)(c1ccccc1)c1ccccc1. The highest BCUT2D eigenvalue weighted by molar-refractivity contribution is 7.87. The minimum atomic E-state index is -3.54. The molecule has 0 aromatic heterocycles. The Morgan fingerprint density at radius 1 is 0.421 bits per heavy atom. The smallest absolute Gasteiger partial charge is 0.179 e. The Labute approximate surface area is 226 Å². The van der Waals surface area contributed by atoms with Gasteiger partial charge in [-0.2, -0.15) is 0 Å².